The summed E-state index contributed by atoms with van der Waals surface area (Å²) in [6.07, 6.45) is 4.90. The van der Waals surface area contributed by atoms with Gasteiger partial charge in [-0.25, -0.2) is 0 Å². The van der Waals surface area contributed by atoms with Gasteiger partial charge in [0.2, 0.25) is 0 Å². The summed E-state index contributed by atoms with van der Waals surface area (Å²) in [5.74, 6) is -0.320. The SMILES string of the molecule is Cn1cc(C(C)(O)CNC(=O)c2ccc(Cl)c3cccnc23)cn1. The number of aliphatic hydroxyl groups is 1. The molecule has 1 unspecified atom stereocenters. The molecule has 0 aliphatic rings. The van der Waals surface area contributed by atoms with Crippen LogP contribution >= 0.6 is 11.6 Å². The van der Waals surface area contributed by atoms with Crippen LogP contribution in [0.4, 0.5) is 0 Å². The Bertz CT molecular complexity index is 904. The lowest BCUT2D eigenvalue weighted by Gasteiger charge is -2.22. The van der Waals surface area contributed by atoms with E-state index < -0.39 is 5.60 Å². The number of fused-ring (bicyclic) bond motifs is 1. The zero-order valence-electron chi connectivity index (χ0n) is 13.3. The number of pyridine rings is 1. The van der Waals surface area contributed by atoms with Gasteiger partial charge < -0.3 is 10.4 Å². The average molecular weight is 345 g/mol. The number of amides is 1. The quantitative estimate of drug-likeness (QED) is 0.760. The number of benzene rings is 1. The van der Waals surface area contributed by atoms with Crippen LogP contribution in [0, 0.1) is 0 Å². The van der Waals surface area contributed by atoms with Gasteiger partial charge in [0.25, 0.3) is 5.91 Å². The van der Waals surface area contributed by atoms with Gasteiger partial charge in [-0.2, -0.15) is 5.10 Å². The molecule has 0 saturated carbocycles. The normalized spacial score (nSPS) is 13.7. The minimum absolute atomic E-state index is 0.0501. The molecule has 7 heteroatoms. The maximum atomic E-state index is 12.5. The lowest BCUT2D eigenvalue weighted by molar-refractivity contribution is 0.0526. The summed E-state index contributed by atoms with van der Waals surface area (Å²) < 4.78 is 1.60. The Hall–Kier alpha value is -2.44. The van der Waals surface area contributed by atoms with E-state index in [4.69, 9.17) is 11.6 Å². The number of nitrogens with one attached hydrogen (secondary N) is 1. The number of nitrogens with zero attached hydrogens (tertiary/aromatic N) is 3. The number of carbonyl (C=O) groups excluding carboxylic acids is 1. The number of aryl methyl sites for hydroxylation is 1. The van der Waals surface area contributed by atoms with E-state index in [9.17, 15) is 9.90 Å². The summed E-state index contributed by atoms with van der Waals surface area (Å²) in [7, 11) is 1.77. The number of hydrogen-bond donors (Lipinski definition) is 2. The first-order chi connectivity index (χ1) is 11.4. The second-order valence-electron chi connectivity index (χ2n) is 5.85. The smallest absolute Gasteiger partial charge is 0.253 e. The molecule has 0 radical (unpaired) electrons. The van der Waals surface area contributed by atoms with E-state index in [0.29, 0.717) is 27.1 Å². The highest BCUT2D eigenvalue weighted by molar-refractivity contribution is 6.36. The molecular weight excluding hydrogens is 328 g/mol. The predicted octanol–water partition coefficient (Wildman–Crippen LogP) is 2.26. The number of halogens is 1. The minimum atomic E-state index is -1.22. The molecule has 6 nitrogen and oxygen atoms in total. The first-order valence-electron chi connectivity index (χ1n) is 7.41. The number of aromatic nitrogens is 3. The molecular formula is C17H17ClN4O2. The summed E-state index contributed by atoms with van der Waals surface area (Å²) in [5, 5.41) is 18.6. The molecule has 0 fully saturated rings. The summed E-state index contributed by atoms with van der Waals surface area (Å²) in [4.78, 5) is 16.8. The Morgan fingerprint density at radius 3 is 2.92 bits per heavy atom. The van der Waals surface area contributed by atoms with Gasteiger partial charge in [0.1, 0.15) is 5.60 Å². The fourth-order valence-electron chi connectivity index (χ4n) is 2.47. The third-order valence-electron chi connectivity index (χ3n) is 3.88. The third kappa shape index (κ3) is 3.11. The zero-order valence-corrected chi connectivity index (χ0v) is 14.1. The van der Waals surface area contributed by atoms with Crippen LogP contribution in [0.5, 0.6) is 0 Å². The fourth-order valence-corrected chi connectivity index (χ4v) is 2.69. The Morgan fingerprint density at radius 1 is 1.42 bits per heavy atom. The van der Waals surface area contributed by atoms with Crippen molar-refractivity contribution in [2.24, 2.45) is 7.05 Å². The van der Waals surface area contributed by atoms with Crippen LogP contribution in [0.2, 0.25) is 5.02 Å². The Balaban J connectivity index is 1.82. The van der Waals surface area contributed by atoms with Crippen molar-refractivity contribution < 1.29 is 9.90 Å². The zero-order chi connectivity index (χ0) is 17.3. The Kier molecular flexibility index (Phi) is 4.26. The minimum Gasteiger partial charge on any atom is -0.383 e. The maximum absolute atomic E-state index is 12.5. The van der Waals surface area contributed by atoms with Crippen molar-refractivity contribution in [1.82, 2.24) is 20.1 Å². The van der Waals surface area contributed by atoms with Crippen molar-refractivity contribution >= 4 is 28.4 Å². The standard InChI is InChI=1S/C17H17ClN4O2/c1-17(24,11-8-21-22(2)9-11)10-20-16(23)13-5-6-14(18)12-4-3-7-19-15(12)13/h3-9,24H,10H2,1-2H3,(H,20,23). The first-order valence-corrected chi connectivity index (χ1v) is 7.79. The van der Waals surface area contributed by atoms with E-state index in [0.717, 1.165) is 0 Å². The van der Waals surface area contributed by atoms with Crippen molar-refractivity contribution in [1.29, 1.82) is 0 Å². The highest BCUT2D eigenvalue weighted by Gasteiger charge is 2.26. The van der Waals surface area contributed by atoms with Crippen LogP contribution in [0.15, 0.2) is 42.9 Å². The second-order valence-corrected chi connectivity index (χ2v) is 6.26. The highest BCUT2D eigenvalue weighted by atomic mass is 35.5. The summed E-state index contributed by atoms with van der Waals surface area (Å²) in [5.41, 5.74) is 0.351. The van der Waals surface area contributed by atoms with Gasteiger partial charge in [-0.05, 0) is 31.2 Å². The molecule has 0 bridgehead atoms. The molecule has 1 amide bonds. The lowest BCUT2D eigenvalue weighted by Crippen LogP contribution is -2.38. The summed E-state index contributed by atoms with van der Waals surface area (Å²) in [6.45, 7) is 1.68. The van der Waals surface area contributed by atoms with E-state index in [1.54, 1.807) is 55.4 Å². The average Bonchev–Trinajstić information content (AvgIpc) is 3.01. The van der Waals surface area contributed by atoms with Gasteiger partial charge in [-0.1, -0.05) is 11.6 Å². The fraction of sp³-hybridized carbons (Fsp3) is 0.235. The molecule has 0 spiro atoms. The van der Waals surface area contributed by atoms with Gasteiger partial charge >= 0.3 is 0 Å². The molecule has 124 valence electrons. The van der Waals surface area contributed by atoms with Crippen molar-refractivity contribution in [3.8, 4) is 0 Å². The second kappa shape index (κ2) is 6.22. The Morgan fingerprint density at radius 2 is 2.21 bits per heavy atom. The monoisotopic (exact) mass is 344 g/mol. The largest absolute Gasteiger partial charge is 0.383 e. The van der Waals surface area contributed by atoms with Crippen LogP contribution in [-0.2, 0) is 12.6 Å². The molecule has 2 N–H and O–H groups in total. The van der Waals surface area contributed by atoms with Crippen molar-refractivity contribution in [3.05, 3.63) is 59.0 Å². The van der Waals surface area contributed by atoms with Gasteiger partial charge in [0.15, 0.2) is 0 Å². The lowest BCUT2D eigenvalue weighted by atomic mass is 9.99. The summed E-state index contributed by atoms with van der Waals surface area (Å²) in [6, 6.07) is 6.88. The summed E-state index contributed by atoms with van der Waals surface area (Å²) >= 11 is 6.14. The number of hydrogen-bond acceptors (Lipinski definition) is 4. The van der Waals surface area contributed by atoms with Crippen LogP contribution in [0.25, 0.3) is 10.9 Å². The van der Waals surface area contributed by atoms with Crippen molar-refractivity contribution in [2.75, 3.05) is 6.54 Å². The van der Waals surface area contributed by atoms with E-state index in [1.165, 1.54) is 0 Å². The number of rotatable bonds is 4. The molecule has 2 aromatic heterocycles. The van der Waals surface area contributed by atoms with Crippen molar-refractivity contribution in [2.45, 2.75) is 12.5 Å². The third-order valence-corrected chi connectivity index (χ3v) is 4.21. The van der Waals surface area contributed by atoms with Crippen LogP contribution in [-0.4, -0.2) is 32.3 Å². The van der Waals surface area contributed by atoms with Gasteiger partial charge in [-0.3, -0.25) is 14.5 Å². The van der Waals surface area contributed by atoms with E-state index >= 15 is 0 Å². The van der Waals surface area contributed by atoms with Gasteiger partial charge in [0.05, 0.1) is 28.8 Å². The van der Waals surface area contributed by atoms with E-state index in [-0.39, 0.29) is 12.5 Å². The molecule has 3 rings (SSSR count). The van der Waals surface area contributed by atoms with Crippen LogP contribution in [0.1, 0.15) is 22.8 Å². The first kappa shape index (κ1) is 16.4. The molecule has 1 aromatic carbocycles. The molecule has 0 aliphatic heterocycles. The van der Waals surface area contributed by atoms with E-state index in [2.05, 4.69) is 15.4 Å². The molecule has 0 aliphatic carbocycles. The van der Waals surface area contributed by atoms with Crippen molar-refractivity contribution in [3.63, 3.8) is 0 Å². The van der Waals surface area contributed by atoms with Gasteiger partial charge in [-0.15, -0.1) is 0 Å². The number of carbonyl (C=O) groups is 1. The van der Waals surface area contributed by atoms with Crippen LogP contribution < -0.4 is 5.32 Å². The molecule has 0 saturated heterocycles. The molecule has 3 aromatic rings. The van der Waals surface area contributed by atoms with E-state index in [1.807, 2.05) is 6.07 Å². The molecule has 2 heterocycles. The van der Waals surface area contributed by atoms with Gasteiger partial charge in [0, 0.05) is 30.4 Å². The predicted molar refractivity (Wildman–Crippen MR) is 91.9 cm³/mol. The highest BCUT2D eigenvalue weighted by Crippen LogP contribution is 2.25. The maximum Gasteiger partial charge on any atom is 0.253 e. The Labute approximate surface area is 144 Å². The topological polar surface area (TPSA) is 80.0 Å². The molecule has 24 heavy (non-hydrogen) atoms. The molecule has 1 atom stereocenters. The van der Waals surface area contributed by atoms with Crippen LogP contribution in [0.3, 0.4) is 0 Å².